The highest BCUT2D eigenvalue weighted by Gasteiger charge is 2.29. The number of rotatable bonds is 3. The number of amides is 2. The maximum Gasteiger partial charge on any atom is 0.253 e. The minimum atomic E-state index is -0.195. The van der Waals surface area contributed by atoms with Gasteiger partial charge in [0.15, 0.2) is 0 Å². The van der Waals surface area contributed by atoms with Crippen LogP contribution >= 0.6 is 11.6 Å². The molecule has 2 aromatic carbocycles. The number of piperidine rings is 1. The molecule has 0 aromatic heterocycles. The quantitative estimate of drug-likeness (QED) is 0.867. The van der Waals surface area contributed by atoms with Gasteiger partial charge in [0.2, 0.25) is 5.91 Å². The standard InChI is InChI=1S/C21H23ClN2O2/c1-14-5-3-6-15(2)19(14)23-20(25)17-7-4-12-24(13-17)21(26)16-8-10-18(22)11-9-16/h3,5-6,8-11,17H,4,7,12-13H2,1-2H3,(H,23,25)/t17-/m1/s1. The van der Waals surface area contributed by atoms with Gasteiger partial charge in [-0.3, -0.25) is 9.59 Å². The molecule has 1 atom stereocenters. The van der Waals surface area contributed by atoms with Crippen LogP contribution in [0.5, 0.6) is 0 Å². The van der Waals surface area contributed by atoms with Crippen LogP contribution in [0.2, 0.25) is 5.02 Å². The number of para-hydroxylation sites is 1. The molecule has 4 nitrogen and oxygen atoms in total. The van der Waals surface area contributed by atoms with Crippen LogP contribution in [0.3, 0.4) is 0 Å². The Morgan fingerprint density at radius 3 is 2.38 bits per heavy atom. The van der Waals surface area contributed by atoms with Gasteiger partial charge in [-0.1, -0.05) is 29.8 Å². The number of nitrogens with zero attached hydrogens (tertiary/aromatic N) is 1. The van der Waals surface area contributed by atoms with Gasteiger partial charge in [0.1, 0.15) is 0 Å². The summed E-state index contributed by atoms with van der Waals surface area (Å²) in [7, 11) is 0. The van der Waals surface area contributed by atoms with Gasteiger partial charge in [-0.15, -0.1) is 0 Å². The molecule has 1 aliphatic heterocycles. The SMILES string of the molecule is Cc1cccc(C)c1NC(=O)[C@@H]1CCCN(C(=O)c2ccc(Cl)cc2)C1. The van der Waals surface area contributed by atoms with E-state index in [0.29, 0.717) is 23.7 Å². The largest absolute Gasteiger partial charge is 0.338 e. The van der Waals surface area contributed by atoms with Gasteiger partial charge in [-0.25, -0.2) is 0 Å². The lowest BCUT2D eigenvalue weighted by Gasteiger charge is -2.32. The van der Waals surface area contributed by atoms with E-state index in [-0.39, 0.29) is 17.7 Å². The third-order valence-electron chi connectivity index (χ3n) is 4.90. The molecular formula is C21H23ClN2O2. The van der Waals surface area contributed by atoms with Crippen LogP contribution in [0.1, 0.15) is 34.3 Å². The Labute approximate surface area is 159 Å². The van der Waals surface area contributed by atoms with Crippen molar-refractivity contribution < 1.29 is 9.59 Å². The molecule has 3 rings (SSSR count). The molecule has 136 valence electrons. The summed E-state index contributed by atoms with van der Waals surface area (Å²) in [6.45, 7) is 5.09. The average molecular weight is 371 g/mol. The van der Waals surface area contributed by atoms with Crippen molar-refractivity contribution in [2.24, 2.45) is 5.92 Å². The fourth-order valence-electron chi connectivity index (χ4n) is 3.39. The summed E-state index contributed by atoms with van der Waals surface area (Å²) in [6, 6.07) is 12.8. The van der Waals surface area contributed by atoms with E-state index in [4.69, 9.17) is 11.6 Å². The van der Waals surface area contributed by atoms with Gasteiger partial charge in [0.05, 0.1) is 5.92 Å². The van der Waals surface area contributed by atoms with Crippen molar-refractivity contribution in [1.82, 2.24) is 4.90 Å². The number of aryl methyl sites for hydroxylation is 2. The van der Waals surface area contributed by atoms with Gasteiger partial charge in [-0.2, -0.15) is 0 Å². The predicted octanol–water partition coefficient (Wildman–Crippen LogP) is 4.45. The lowest BCUT2D eigenvalue weighted by molar-refractivity contribution is -0.121. The Morgan fingerprint density at radius 1 is 1.08 bits per heavy atom. The van der Waals surface area contributed by atoms with Crippen LogP contribution < -0.4 is 5.32 Å². The van der Waals surface area contributed by atoms with E-state index in [1.54, 1.807) is 29.2 Å². The predicted molar refractivity (Wildman–Crippen MR) is 105 cm³/mol. The summed E-state index contributed by atoms with van der Waals surface area (Å²) >= 11 is 5.89. The van der Waals surface area contributed by atoms with Crippen molar-refractivity contribution in [3.63, 3.8) is 0 Å². The van der Waals surface area contributed by atoms with E-state index in [1.165, 1.54) is 0 Å². The number of carbonyl (C=O) groups is 2. The lowest BCUT2D eigenvalue weighted by atomic mass is 9.96. The molecule has 26 heavy (non-hydrogen) atoms. The minimum Gasteiger partial charge on any atom is -0.338 e. The molecule has 1 fully saturated rings. The van der Waals surface area contributed by atoms with Crippen molar-refractivity contribution in [1.29, 1.82) is 0 Å². The molecule has 1 aliphatic rings. The average Bonchev–Trinajstić information content (AvgIpc) is 2.65. The second-order valence-electron chi connectivity index (χ2n) is 6.85. The molecular weight excluding hydrogens is 348 g/mol. The molecule has 0 saturated carbocycles. The molecule has 0 unspecified atom stereocenters. The summed E-state index contributed by atoms with van der Waals surface area (Å²) in [5.41, 5.74) is 3.57. The molecule has 5 heteroatoms. The monoisotopic (exact) mass is 370 g/mol. The van der Waals surface area contributed by atoms with Crippen molar-refractivity contribution >= 4 is 29.1 Å². The van der Waals surface area contributed by atoms with Crippen LogP contribution in [-0.2, 0) is 4.79 Å². The van der Waals surface area contributed by atoms with Gasteiger partial charge in [0, 0.05) is 29.4 Å². The van der Waals surface area contributed by atoms with Gasteiger partial charge in [0.25, 0.3) is 5.91 Å². The van der Waals surface area contributed by atoms with E-state index >= 15 is 0 Å². The third-order valence-corrected chi connectivity index (χ3v) is 5.15. The van der Waals surface area contributed by atoms with Crippen LogP contribution in [-0.4, -0.2) is 29.8 Å². The number of hydrogen-bond acceptors (Lipinski definition) is 2. The first-order valence-electron chi connectivity index (χ1n) is 8.87. The summed E-state index contributed by atoms with van der Waals surface area (Å²) in [5, 5.41) is 3.66. The van der Waals surface area contributed by atoms with Crippen molar-refractivity contribution in [2.75, 3.05) is 18.4 Å². The van der Waals surface area contributed by atoms with Gasteiger partial charge in [-0.05, 0) is 62.1 Å². The topological polar surface area (TPSA) is 49.4 Å². The molecule has 0 spiro atoms. The first-order chi connectivity index (χ1) is 12.5. The fourth-order valence-corrected chi connectivity index (χ4v) is 3.51. The number of halogens is 1. The number of benzene rings is 2. The molecule has 0 bridgehead atoms. The van der Waals surface area contributed by atoms with Crippen molar-refractivity contribution in [3.05, 3.63) is 64.2 Å². The van der Waals surface area contributed by atoms with Crippen molar-refractivity contribution in [3.8, 4) is 0 Å². The maximum absolute atomic E-state index is 12.8. The maximum atomic E-state index is 12.8. The molecule has 1 N–H and O–H groups in total. The van der Waals surface area contributed by atoms with E-state index < -0.39 is 0 Å². The van der Waals surface area contributed by atoms with E-state index in [0.717, 1.165) is 29.7 Å². The number of carbonyl (C=O) groups excluding carboxylic acids is 2. The molecule has 2 aromatic rings. The smallest absolute Gasteiger partial charge is 0.253 e. The third kappa shape index (κ3) is 4.07. The van der Waals surface area contributed by atoms with Crippen LogP contribution in [0.25, 0.3) is 0 Å². The summed E-state index contributed by atoms with van der Waals surface area (Å²) < 4.78 is 0. The zero-order valence-electron chi connectivity index (χ0n) is 15.1. The summed E-state index contributed by atoms with van der Waals surface area (Å²) in [4.78, 5) is 27.2. The molecule has 0 radical (unpaired) electrons. The fraction of sp³-hybridized carbons (Fsp3) is 0.333. The highest BCUT2D eigenvalue weighted by molar-refractivity contribution is 6.30. The van der Waals surface area contributed by atoms with Gasteiger partial charge < -0.3 is 10.2 Å². The zero-order chi connectivity index (χ0) is 18.7. The first-order valence-corrected chi connectivity index (χ1v) is 9.25. The zero-order valence-corrected chi connectivity index (χ0v) is 15.8. The van der Waals surface area contributed by atoms with E-state index in [2.05, 4.69) is 5.32 Å². The normalized spacial score (nSPS) is 17.0. The Hall–Kier alpha value is -2.33. The lowest BCUT2D eigenvalue weighted by Crippen LogP contribution is -2.43. The molecule has 2 amide bonds. The number of hydrogen-bond donors (Lipinski definition) is 1. The first kappa shape index (κ1) is 18.5. The number of anilines is 1. The van der Waals surface area contributed by atoms with Crippen LogP contribution in [0.15, 0.2) is 42.5 Å². The Kier molecular flexibility index (Phi) is 5.62. The number of nitrogens with one attached hydrogen (secondary N) is 1. The summed E-state index contributed by atoms with van der Waals surface area (Å²) in [5.74, 6) is -0.263. The molecule has 0 aliphatic carbocycles. The molecule has 1 heterocycles. The Balaban J connectivity index is 1.69. The Bertz CT molecular complexity index is 797. The second kappa shape index (κ2) is 7.92. The van der Waals surface area contributed by atoms with E-state index in [9.17, 15) is 9.59 Å². The van der Waals surface area contributed by atoms with Gasteiger partial charge >= 0.3 is 0 Å². The van der Waals surface area contributed by atoms with Crippen LogP contribution in [0, 0.1) is 19.8 Å². The highest BCUT2D eigenvalue weighted by Crippen LogP contribution is 2.24. The summed E-state index contributed by atoms with van der Waals surface area (Å²) in [6.07, 6.45) is 1.62. The highest BCUT2D eigenvalue weighted by atomic mass is 35.5. The minimum absolute atomic E-state index is 0.0176. The second-order valence-corrected chi connectivity index (χ2v) is 7.29. The molecule has 1 saturated heterocycles. The van der Waals surface area contributed by atoms with Crippen molar-refractivity contribution in [2.45, 2.75) is 26.7 Å². The number of likely N-dealkylation sites (tertiary alicyclic amines) is 1. The Morgan fingerprint density at radius 2 is 1.73 bits per heavy atom. The van der Waals surface area contributed by atoms with Crippen LogP contribution in [0.4, 0.5) is 5.69 Å². The van der Waals surface area contributed by atoms with E-state index in [1.807, 2.05) is 32.0 Å².